The summed E-state index contributed by atoms with van der Waals surface area (Å²) in [4.78, 5) is 4.05. The molecule has 1 fully saturated rings. The molecule has 0 saturated heterocycles. The summed E-state index contributed by atoms with van der Waals surface area (Å²) < 4.78 is 7.96. The Morgan fingerprint density at radius 1 is 1.53 bits per heavy atom. The van der Waals surface area contributed by atoms with Crippen LogP contribution >= 0.6 is 0 Å². The zero-order valence-corrected chi connectivity index (χ0v) is 11.5. The molecule has 3 rings (SSSR count). The van der Waals surface area contributed by atoms with E-state index in [1.54, 1.807) is 0 Å². The van der Waals surface area contributed by atoms with Crippen molar-refractivity contribution in [1.82, 2.24) is 14.9 Å². The van der Waals surface area contributed by atoms with Gasteiger partial charge in [-0.05, 0) is 31.4 Å². The Balaban J connectivity index is 1.47. The van der Waals surface area contributed by atoms with Crippen LogP contribution in [0.4, 0.5) is 0 Å². The lowest BCUT2D eigenvalue weighted by Gasteiger charge is -2.13. The predicted molar refractivity (Wildman–Crippen MR) is 73.8 cm³/mol. The first-order chi connectivity index (χ1) is 9.22. The Bertz CT molecular complexity index is 517. The van der Waals surface area contributed by atoms with Crippen LogP contribution in [0.5, 0.6) is 0 Å². The maximum absolute atomic E-state index is 5.88. The Morgan fingerprint density at radius 2 is 2.37 bits per heavy atom. The van der Waals surface area contributed by atoms with Crippen molar-refractivity contribution in [1.29, 1.82) is 0 Å². The number of hydrogen-bond donors (Lipinski definition) is 1. The van der Waals surface area contributed by atoms with E-state index in [4.69, 9.17) is 4.42 Å². The van der Waals surface area contributed by atoms with Gasteiger partial charge in [-0.3, -0.25) is 0 Å². The summed E-state index contributed by atoms with van der Waals surface area (Å²) in [6, 6.07) is 4.62. The molecule has 3 unspecified atom stereocenters. The van der Waals surface area contributed by atoms with Crippen molar-refractivity contribution < 1.29 is 4.42 Å². The molecule has 2 aromatic heterocycles. The summed E-state index contributed by atoms with van der Waals surface area (Å²) in [5.41, 5.74) is 0. The van der Waals surface area contributed by atoms with Crippen molar-refractivity contribution in [3.63, 3.8) is 0 Å². The molecule has 0 aromatic carbocycles. The molecule has 1 saturated carbocycles. The molecular formula is C15H21N3O. The number of nitrogens with zero attached hydrogens (tertiary/aromatic N) is 2. The largest absolute Gasteiger partial charge is 0.464 e. The van der Waals surface area contributed by atoms with Gasteiger partial charge >= 0.3 is 0 Å². The maximum Gasteiger partial charge on any atom is 0.117 e. The van der Waals surface area contributed by atoms with Crippen LogP contribution in [-0.2, 0) is 13.1 Å². The van der Waals surface area contributed by atoms with Crippen LogP contribution in [0.1, 0.15) is 37.7 Å². The van der Waals surface area contributed by atoms with Gasteiger partial charge in [0.1, 0.15) is 11.5 Å². The molecule has 1 aliphatic carbocycles. The summed E-state index contributed by atoms with van der Waals surface area (Å²) in [6.45, 7) is 6.16. The van der Waals surface area contributed by atoms with Crippen LogP contribution in [0.25, 0.3) is 0 Å². The fraction of sp³-hybridized carbons (Fsp3) is 0.533. The summed E-state index contributed by atoms with van der Waals surface area (Å²) in [7, 11) is 0. The first-order valence-corrected chi connectivity index (χ1v) is 7.00. The summed E-state index contributed by atoms with van der Waals surface area (Å²) in [5, 5.41) is 3.48. The molecular weight excluding hydrogens is 238 g/mol. The van der Waals surface area contributed by atoms with Gasteiger partial charge in [-0.2, -0.15) is 0 Å². The minimum absolute atomic E-state index is 0.391. The highest BCUT2D eigenvalue weighted by Crippen LogP contribution is 2.47. The summed E-state index contributed by atoms with van der Waals surface area (Å²) in [5.74, 6) is 3.65. The standard InChI is InChI=1S/C15H21N3O/c1-11-7-14(11)15-4-3-13(19-15)8-17-12(2)9-18-6-5-16-10-18/h3-6,10-12,14,17H,7-9H2,1-2H3. The molecule has 4 heteroatoms. The molecule has 1 N–H and O–H groups in total. The number of nitrogens with one attached hydrogen (secondary N) is 1. The highest BCUT2D eigenvalue weighted by molar-refractivity contribution is 5.17. The van der Waals surface area contributed by atoms with E-state index in [9.17, 15) is 0 Å². The quantitative estimate of drug-likeness (QED) is 0.867. The van der Waals surface area contributed by atoms with E-state index < -0.39 is 0 Å². The Labute approximate surface area is 113 Å². The summed E-state index contributed by atoms with van der Waals surface area (Å²) >= 11 is 0. The number of furan rings is 1. The van der Waals surface area contributed by atoms with Crippen molar-refractivity contribution in [2.75, 3.05) is 0 Å². The van der Waals surface area contributed by atoms with Gasteiger partial charge in [0, 0.05) is 30.9 Å². The van der Waals surface area contributed by atoms with Crippen molar-refractivity contribution in [2.45, 2.75) is 45.3 Å². The molecule has 3 atom stereocenters. The van der Waals surface area contributed by atoms with Crippen molar-refractivity contribution in [2.24, 2.45) is 5.92 Å². The second-order valence-corrected chi connectivity index (χ2v) is 5.66. The van der Waals surface area contributed by atoms with Gasteiger partial charge < -0.3 is 14.3 Å². The van der Waals surface area contributed by atoms with Gasteiger partial charge in [-0.15, -0.1) is 0 Å². The highest BCUT2D eigenvalue weighted by atomic mass is 16.3. The Kier molecular flexibility index (Phi) is 3.42. The van der Waals surface area contributed by atoms with Gasteiger partial charge in [0.15, 0.2) is 0 Å². The topological polar surface area (TPSA) is 43.0 Å². The number of imidazole rings is 1. The second-order valence-electron chi connectivity index (χ2n) is 5.66. The van der Waals surface area contributed by atoms with Crippen LogP contribution in [0, 0.1) is 5.92 Å². The van der Waals surface area contributed by atoms with Crippen LogP contribution in [0.2, 0.25) is 0 Å². The van der Waals surface area contributed by atoms with Gasteiger partial charge in [0.2, 0.25) is 0 Å². The molecule has 1 aliphatic rings. The second kappa shape index (κ2) is 5.21. The fourth-order valence-electron chi connectivity index (χ4n) is 2.46. The first-order valence-electron chi connectivity index (χ1n) is 7.00. The molecule has 19 heavy (non-hydrogen) atoms. The maximum atomic E-state index is 5.88. The molecule has 2 heterocycles. The normalized spacial score (nSPS) is 23.5. The van der Waals surface area contributed by atoms with Crippen molar-refractivity contribution >= 4 is 0 Å². The molecule has 102 valence electrons. The SMILES string of the molecule is CC(Cn1ccnc1)NCc1ccc(C2CC2C)o1. The predicted octanol–water partition coefficient (Wildman–Crippen LogP) is 2.78. The smallest absolute Gasteiger partial charge is 0.117 e. The lowest BCUT2D eigenvalue weighted by Crippen LogP contribution is -2.29. The van der Waals surface area contributed by atoms with Crippen molar-refractivity contribution in [3.8, 4) is 0 Å². The molecule has 0 aliphatic heterocycles. The van der Waals surface area contributed by atoms with Gasteiger partial charge in [0.25, 0.3) is 0 Å². The average Bonchev–Trinajstić information content (AvgIpc) is 2.87. The van der Waals surface area contributed by atoms with Gasteiger partial charge in [0.05, 0.1) is 12.9 Å². The lowest BCUT2D eigenvalue weighted by molar-refractivity contribution is 0.410. The van der Waals surface area contributed by atoms with E-state index >= 15 is 0 Å². The molecule has 0 spiro atoms. The molecule has 0 radical (unpaired) electrons. The average molecular weight is 259 g/mol. The third kappa shape index (κ3) is 3.07. The minimum atomic E-state index is 0.391. The molecule has 0 amide bonds. The number of hydrogen-bond acceptors (Lipinski definition) is 3. The zero-order valence-electron chi connectivity index (χ0n) is 11.5. The van der Waals surface area contributed by atoms with Crippen LogP contribution in [0.3, 0.4) is 0 Å². The highest BCUT2D eigenvalue weighted by Gasteiger charge is 2.36. The number of aromatic nitrogens is 2. The van der Waals surface area contributed by atoms with E-state index in [1.165, 1.54) is 6.42 Å². The molecule has 4 nitrogen and oxygen atoms in total. The molecule has 2 aromatic rings. The first kappa shape index (κ1) is 12.5. The van der Waals surface area contributed by atoms with E-state index in [0.29, 0.717) is 12.0 Å². The van der Waals surface area contributed by atoms with E-state index in [-0.39, 0.29) is 0 Å². The summed E-state index contributed by atoms with van der Waals surface area (Å²) in [6.07, 6.45) is 6.91. The van der Waals surface area contributed by atoms with Crippen molar-refractivity contribution in [3.05, 3.63) is 42.4 Å². The van der Waals surface area contributed by atoms with E-state index in [2.05, 4.69) is 40.8 Å². The minimum Gasteiger partial charge on any atom is -0.464 e. The Morgan fingerprint density at radius 3 is 3.05 bits per heavy atom. The zero-order chi connectivity index (χ0) is 13.2. The third-order valence-electron chi connectivity index (χ3n) is 3.83. The van der Waals surface area contributed by atoms with Gasteiger partial charge in [-0.1, -0.05) is 6.92 Å². The number of rotatable bonds is 6. The lowest BCUT2D eigenvalue weighted by atomic mass is 10.3. The monoisotopic (exact) mass is 259 g/mol. The van der Waals surface area contributed by atoms with E-state index in [1.807, 2.05) is 18.7 Å². The fourth-order valence-corrected chi connectivity index (χ4v) is 2.46. The van der Waals surface area contributed by atoms with E-state index in [0.717, 1.165) is 30.5 Å². The Hall–Kier alpha value is -1.55. The van der Waals surface area contributed by atoms with Crippen LogP contribution in [0.15, 0.2) is 35.3 Å². The van der Waals surface area contributed by atoms with Crippen LogP contribution in [-0.4, -0.2) is 15.6 Å². The van der Waals surface area contributed by atoms with Crippen LogP contribution < -0.4 is 5.32 Å². The van der Waals surface area contributed by atoms with Gasteiger partial charge in [-0.25, -0.2) is 4.98 Å². The third-order valence-corrected chi connectivity index (χ3v) is 3.83. The molecule has 0 bridgehead atoms.